The van der Waals surface area contributed by atoms with Gasteiger partial charge in [0.05, 0.1) is 0 Å². The van der Waals surface area contributed by atoms with Gasteiger partial charge >= 0.3 is 0 Å². The van der Waals surface area contributed by atoms with Gasteiger partial charge in [-0.25, -0.2) is 0 Å². The zero-order valence-electron chi connectivity index (χ0n) is 6.92. The molecule has 1 aliphatic heterocycles. The molecule has 0 amide bonds. The lowest BCUT2D eigenvalue weighted by atomic mass is 10.1. The van der Waals surface area contributed by atoms with Gasteiger partial charge in [-0.15, -0.1) is 0 Å². The topological polar surface area (TPSA) is 38.7 Å². The monoisotopic (exact) mass is 244 g/mol. The molecule has 1 aliphatic rings. The Kier molecular flexibility index (Phi) is 2.42. The molecule has 0 aromatic heterocycles. The van der Waals surface area contributed by atoms with Crippen LogP contribution >= 0.6 is 15.9 Å². The minimum Gasteiger partial charge on any atom is -0.454 e. The first-order chi connectivity index (χ1) is 6.31. The first kappa shape index (κ1) is 8.84. The van der Waals surface area contributed by atoms with Crippen LogP contribution in [0.1, 0.15) is 5.56 Å². The summed E-state index contributed by atoms with van der Waals surface area (Å²) in [6.45, 7) is 0.419. The number of hydrogen-bond donors (Lipinski definition) is 1. The summed E-state index contributed by atoms with van der Waals surface area (Å²) >= 11 is 3.40. The molecular weight excluding hydrogens is 236 g/mol. The molecule has 3 nitrogen and oxygen atoms in total. The Labute approximate surface area is 84.4 Å². The zero-order chi connectivity index (χ0) is 9.26. The number of rotatable bonds is 2. The highest BCUT2D eigenvalue weighted by Crippen LogP contribution is 2.36. The second-order valence-electron chi connectivity index (χ2n) is 2.77. The quantitative estimate of drug-likeness (QED) is 0.862. The van der Waals surface area contributed by atoms with E-state index in [4.69, 9.17) is 14.6 Å². The fraction of sp³-hybridized carbons (Fsp3) is 0.333. The van der Waals surface area contributed by atoms with Crippen LogP contribution in [0, 0.1) is 0 Å². The van der Waals surface area contributed by atoms with Gasteiger partial charge < -0.3 is 14.6 Å². The molecule has 1 aromatic carbocycles. The van der Waals surface area contributed by atoms with Crippen molar-refractivity contribution in [1.82, 2.24) is 0 Å². The number of benzene rings is 1. The van der Waals surface area contributed by atoms with E-state index in [2.05, 4.69) is 15.9 Å². The molecule has 70 valence electrons. The van der Waals surface area contributed by atoms with E-state index in [0.717, 1.165) is 21.5 Å². The number of halogens is 1. The van der Waals surface area contributed by atoms with Crippen LogP contribution in [0.15, 0.2) is 16.6 Å². The minimum atomic E-state index is 0.137. The average molecular weight is 245 g/mol. The van der Waals surface area contributed by atoms with Crippen molar-refractivity contribution in [1.29, 1.82) is 0 Å². The van der Waals surface area contributed by atoms with Crippen molar-refractivity contribution in [2.24, 2.45) is 0 Å². The third kappa shape index (κ3) is 1.64. The van der Waals surface area contributed by atoms with Crippen molar-refractivity contribution in [2.45, 2.75) is 6.42 Å². The Bertz CT molecular complexity index is 325. The van der Waals surface area contributed by atoms with Crippen LogP contribution in [0.25, 0.3) is 0 Å². The Hall–Kier alpha value is -0.740. The molecule has 0 bridgehead atoms. The number of aliphatic hydroxyl groups is 1. The normalized spacial score (nSPS) is 13.4. The summed E-state index contributed by atoms with van der Waals surface area (Å²) in [5, 5.41) is 8.80. The third-order valence-corrected chi connectivity index (χ3v) is 2.66. The molecule has 0 radical (unpaired) electrons. The molecule has 0 atom stereocenters. The number of ether oxygens (including phenoxy) is 2. The molecule has 2 rings (SSSR count). The molecule has 0 saturated carbocycles. The molecule has 13 heavy (non-hydrogen) atoms. The molecule has 0 saturated heterocycles. The van der Waals surface area contributed by atoms with Gasteiger partial charge in [-0.05, 0) is 24.1 Å². The molecule has 0 fully saturated rings. The van der Waals surface area contributed by atoms with Gasteiger partial charge in [0.2, 0.25) is 6.79 Å². The third-order valence-electron chi connectivity index (χ3n) is 1.92. The Morgan fingerprint density at radius 1 is 1.31 bits per heavy atom. The minimum absolute atomic E-state index is 0.137. The Balaban J connectivity index is 2.37. The van der Waals surface area contributed by atoms with E-state index >= 15 is 0 Å². The molecule has 0 unspecified atom stereocenters. The van der Waals surface area contributed by atoms with Crippen LogP contribution in [0.5, 0.6) is 11.5 Å². The second-order valence-corrected chi connectivity index (χ2v) is 3.62. The maximum Gasteiger partial charge on any atom is 0.231 e. The van der Waals surface area contributed by atoms with E-state index in [-0.39, 0.29) is 13.4 Å². The van der Waals surface area contributed by atoms with Crippen molar-refractivity contribution in [3.63, 3.8) is 0 Å². The fourth-order valence-electron chi connectivity index (χ4n) is 1.27. The summed E-state index contributed by atoms with van der Waals surface area (Å²) in [6.07, 6.45) is 0.622. The van der Waals surface area contributed by atoms with E-state index < -0.39 is 0 Å². The van der Waals surface area contributed by atoms with Crippen LogP contribution in [0.4, 0.5) is 0 Å². The molecule has 4 heteroatoms. The molecule has 0 spiro atoms. The van der Waals surface area contributed by atoms with Crippen molar-refractivity contribution in [2.75, 3.05) is 13.4 Å². The first-order valence-corrected chi connectivity index (χ1v) is 4.79. The SMILES string of the molecule is OCCc1cc2c(cc1Br)OCO2. The van der Waals surface area contributed by atoms with Gasteiger partial charge in [-0.1, -0.05) is 15.9 Å². The van der Waals surface area contributed by atoms with Gasteiger partial charge in [0.1, 0.15) is 0 Å². The lowest BCUT2D eigenvalue weighted by molar-refractivity contribution is 0.174. The van der Waals surface area contributed by atoms with Crippen LogP contribution in [-0.2, 0) is 6.42 Å². The second kappa shape index (κ2) is 3.55. The fourth-order valence-corrected chi connectivity index (χ4v) is 1.79. The van der Waals surface area contributed by atoms with Crippen LogP contribution < -0.4 is 9.47 Å². The predicted octanol–water partition coefficient (Wildman–Crippen LogP) is 1.71. The number of aliphatic hydroxyl groups excluding tert-OH is 1. The molecule has 0 aliphatic carbocycles. The number of hydrogen-bond acceptors (Lipinski definition) is 3. The summed E-state index contributed by atoms with van der Waals surface area (Å²) in [4.78, 5) is 0. The summed E-state index contributed by atoms with van der Waals surface area (Å²) in [5.41, 5.74) is 1.03. The smallest absolute Gasteiger partial charge is 0.231 e. The Morgan fingerprint density at radius 3 is 2.69 bits per heavy atom. The van der Waals surface area contributed by atoms with Crippen molar-refractivity contribution >= 4 is 15.9 Å². The molecular formula is C9H9BrO3. The van der Waals surface area contributed by atoms with Gasteiger partial charge in [-0.2, -0.15) is 0 Å². The lowest BCUT2D eigenvalue weighted by Gasteiger charge is -2.03. The van der Waals surface area contributed by atoms with Gasteiger partial charge in [0.15, 0.2) is 11.5 Å². The Morgan fingerprint density at radius 2 is 2.00 bits per heavy atom. The van der Waals surface area contributed by atoms with Crippen LogP contribution in [0.2, 0.25) is 0 Å². The maximum absolute atomic E-state index is 8.80. The van der Waals surface area contributed by atoms with Crippen LogP contribution in [0.3, 0.4) is 0 Å². The first-order valence-electron chi connectivity index (χ1n) is 4.00. The maximum atomic E-state index is 8.80. The average Bonchev–Trinajstić information content (AvgIpc) is 2.52. The molecule has 1 heterocycles. The lowest BCUT2D eigenvalue weighted by Crippen LogP contribution is -1.93. The highest BCUT2D eigenvalue weighted by molar-refractivity contribution is 9.10. The summed E-state index contributed by atoms with van der Waals surface area (Å²) < 4.78 is 11.4. The number of fused-ring (bicyclic) bond motifs is 1. The summed E-state index contributed by atoms with van der Waals surface area (Å²) in [5.74, 6) is 1.51. The standard InChI is InChI=1S/C9H9BrO3/c10-7-4-9-8(12-5-13-9)3-6(7)1-2-11/h3-4,11H,1-2,5H2. The van der Waals surface area contributed by atoms with Gasteiger partial charge in [0.25, 0.3) is 0 Å². The van der Waals surface area contributed by atoms with E-state index in [1.807, 2.05) is 12.1 Å². The molecule has 1 aromatic rings. The predicted molar refractivity (Wildman–Crippen MR) is 51.1 cm³/mol. The van der Waals surface area contributed by atoms with E-state index in [0.29, 0.717) is 6.42 Å². The highest BCUT2D eigenvalue weighted by Gasteiger charge is 2.15. The van der Waals surface area contributed by atoms with Crippen molar-refractivity contribution in [3.8, 4) is 11.5 Å². The summed E-state index contributed by atoms with van der Waals surface area (Å²) in [6, 6.07) is 3.76. The van der Waals surface area contributed by atoms with E-state index in [9.17, 15) is 0 Å². The van der Waals surface area contributed by atoms with E-state index in [1.165, 1.54) is 0 Å². The van der Waals surface area contributed by atoms with Crippen molar-refractivity contribution < 1.29 is 14.6 Å². The van der Waals surface area contributed by atoms with Crippen LogP contribution in [-0.4, -0.2) is 18.5 Å². The largest absolute Gasteiger partial charge is 0.454 e. The van der Waals surface area contributed by atoms with Crippen molar-refractivity contribution in [3.05, 3.63) is 22.2 Å². The summed E-state index contributed by atoms with van der Waals surface area (Å²) in [7, 11) is 0. The highest BCUT2D eigenvalue weighted by atomic mass is 79.9. The van der Waals surface area contributed by atoms with E-state index in [1.54, 1.807) is 0 Å². The van der Waals surface area contributed by atoms with Gasteiger partial charge in [-0.3, -0.25) is 0 Å². The molecule has 1 N–H and O–H groups in total. The zero-order valence-corrected chi connectivity index (χ0v) is 8.50. The van der Waals surface area contributed by atoms with Gasteiger partial charge in [0, 0.05) is 11.1 Å².